The molecular formula is C21H35NO9. The van der Waals surface area contributed by atoms with Crippen molar-refractivity contribution in [2.75, 3.05) is 99.0 Å². The first-order valence-electron chi connectivity index (χ1n) is 10.4. The Bertz CT molecular complexity index is 495. The maximum atomic E-state index is 11.3. The Balaban J connectivity index is 1.68. The van der Waals surface area contributed by atoms with Crippen LogP contribution in [0.1, 0.15) is 0 Å². The summed E-state index contributed by atoms with van der Waals surface area (Å²) in [5, 5.41) is 0. The molecule has 0 saturated heterocycles. The largest absolute Gasteiger partial charge is 0.377 e. The molecule has 0 atom stereocenters. The van der Waals surface area contributed by atoms with E-state index in [2.05, 4.69) is 6.58 Å². The number of hydrogen-bond acceptors (Lipinski definition) is 9. The third-order valence-electron chi connectivity index (χ3n) is 3.83. The third-order valence-corrected chi connectivity index (χ3v) is 3.83. The second kappa shape index (κ2) is 20.3. The van der Waals surface area contributed by atoms with Crippen LogP contribution in [0.25, 0.3) is 0 Å². The molecule has 178 valence electrons. The van der Waals surface area contributed by atoms with Gasteiger partial charge in [0.25, 0.3) is 11.8 Å². The summed E-state index contributed by atoms with van der Waals surface area (Å²) in [6, 6.07) is 0. The summed E-state index contributed by atoms with van der Waals surface area (Å²) in [4.78, 5) is 23.8. The van der Waals surface area contributed by atoms with Gasteiger partial charge in [-0.25, -0.2) is 0 Å². The Labute approximate surface area is 184 Å². The van der Waals surface area contributed by atoms with E-state index in [0.717, 1.165) is 4.90 Å². The monoisotopic (exact) mass is 445 g/mol. The summed E-state index contributed by atoms with van der Waals surface area (Å²) < 4.78 is 37.4. The molecule has 0 fully saturated rings. The lowest BCUT2D eigenvalue weighted by molar-refractivity contribution is -0.137. The van der Waals surface area contributed by atoms with E-state index in [4.69, 9.17) is 33.2 Å². The summed E-state index contributed by atoms with van der Waals surface area (Å²) >= 11 is 0. The predicted molar refractivity (Wildman–Crippen MR) is 112 cm³/mol. The van der Waals surface area contributed by atoms with Crippen LogP contribution in [0.5, 0.6) is 0 Å². The molecule has 1 rings (SSSR count). The molecule has 0 N–H and O–H groups in total. The Kier molecular flexibility index (Phi) is 17.9. The van der Waals surface area contributed by atoms with Crippen molar-refractivity contribution in [3.8, 4) is 0 Å². The van der Waals surface area contributed by atoms with Gasteiger partial charge in [0.2, 0.25) is 0 Å². The molecule has 0 saturated carbocycles. The number of carbonyl (C=O) groups is 2. The van der Waals surface area contributed by atoms with Gasteiger partial charge in [0, 0.05) is 12.2 Å². The lowest BCUT2D eigenvalue weighted by atomic mass is 10.5. The molecule has 0 radical (unpaired) electrons. The van der Waals surface area contributed by atoms with Crippen molar-refractivity contribution < 1.29 is 42.7 Å². The molecule has 0 aromatic heterocycles. The van der Waals surface area contributed by atoms with E-state index in [1.54, 1.807) is 6.08 Å². The lowest BCUT2D eigenvalue weighted by Crippen LogP contribution is -2.33. The molecule has 1 aliphatic rings. The van der Waals surface area contributed by atoms with Gasteiger partial charge >= 0.3 is 0 Å². The molecule has 0 aromatic rings. The van der Waals surface area contributed by atoms with Crippen LogP contribution in [0, 0.1) is 0 Å². The number of hydrogen-bond donors (Lipinski definition) is 0. The quantitative estimate of drug-likeness (QED) is 0.124. The van der Waals surface area contributed by atoms with Gasteiger partial charge in [-0.1, -0.05) is 6.08 Å². The van der Waals surface area contributed by atoms with E-state index in [-0.39, 0.29) is 25.0 Å². The van der Waals surface area contributed by atoms with Gasteiger partial charge in [-0.05, 0) is 0 Å². The SMILES string of the molecule is C=CCOCCOCCOCCOCCOCCOCCOCCN1C(=O)C=CC1=O. The topological polar surface area (TPSA) is 102 Å². The van der Waals surface area contributed by atoms with Gasteiger partial charge in [-0.3, -0.25) is 14.5 Å². The molecule has 10 heteroatoms. The summed E-state index contributed by atoms with van der Waals surface area (Å²) in [6.45, 7) is 10.5. The van der Waals surface area contributed by atoms with E-state index < -0.39 is 0 Å². The average Bonchev–Trinajstić information content (AvgIpc) is 3.09. The van der Waals surface area contributed by atoms with Crippen LogP contribution in [-0.4, -0.2) is 116 Å². The second-order valence-corrected chi connectivity index (χ2v) is 6.20. The molecular weight excluding hydrogens is 410 g/mol. The second-order valence-electron chi connectivity index (χ2n) is 6.20. The summed E-state index contributed by atoms with van der Waals surface area (Å²) in [5.74, 6) is -0.602. The number of imide groups is 1. The first kappa shape index (κ1) is 27.4. The van der Waals surface area contributed by atoms with Gasteiger partial charge in [0.15, 0.2) is 0 Å². The molecule has 10 nitrogen and oxygen atoms in total. The van der Waals surface area contributed by atoms with Crippen molar-refractivity contribution >= 4 is 11.8 Å². The first-order chi connectivity index (χ1) is 15.3. The Hall–Kier alpha value is -1.66. The van der Waals surface area contributed by atoms with Crippen LogP contribution < -0.4 is 0 Å². The third kappa shape index (κ3) is 15.7. The van der Waals surface area contributed by atoms with Crippen LogP contribution in [0.4, 0.5) is 0 Å². The zero-order valence-corrected chi connectivity index (χ0v) is 18.2. The molecule has 0 bridgehead atoms. The average molecular weight is 446 g/mol. The van der Waals surface area contributed by atoms with Gasteiger partial charge in [0.1, 0.15) is 0 Å². The van der Waals surface area contributed by atoms with Crippen molar-refractivity contribution in [3.63, 3.8) is 0 Å². The smallest absolute Gasteiger partial charge is 0.253 e. The van der Waals surface area contributed by atoms with E-state index in [0.29, 0.717) is 85.9 Å². The maximum Gasteiger partial charge on any atom is 0.253 e. The Morgan fingerprint density at radius 3 is 1.26 bits per heavy atom. The molecule has 31 heavy (non-hydrogen) atoms. The normalized spacial score (nSPS) is 13.5. The highest BCUT2D eigenvalue weighted by atomic mass is 16.6. The maximum absolute atomic E-state index is 11.3. The highest BCUT2D eigenvalue weighted by Gasteiger charge is 2.22. The number of amides is 2. The standard InChI is InChI=1S/C21H35NO9/c1-2-6-25-8-10-27-12-14-29-16-18-31-19-17-30-15-13-28-11-9-26-7-5-22-20(23)3-4-21(22)24/h2-4H,1,5-19H2. The lowest BCUT2D eigenvalue weighted by Gasteiger charge is -2.13. The van der Waals surface area contributed by atoms with E-state index in [1.165, 1.54) is 12.2 Å². The molecule has 2 amide bonds. The van der Waals surface area contributed by atoms with Gasteiger partial charge < -0.3 is 33.2 Å². The zero-order valence-electron chi connectivity index (χ0n) is 18.2. The summed E-state index contributed by atoms with van der Waals surface area (Å²) in [6.07, 6.45) is 4.21. The summed E-state index contributed by atoms with van der Waals surface area (Å²) in [5.41, 5.74) is 0. The van der Waals surface area contributed by atoms with Crippen molar-refractivity contribution in [3.05, 3.63) is 24.8 Å². The molecule has 1 aliphatic heterocycles. The highest BCUT2D eigenvalue weighted by Crippen LogP contribution is 2.02. The van der Waals surface area contributed by atoms with Crippen LogP contribution in [0.15, 0.2) is 24.8 Å². The molecule has 0 aromatic carbocycles. The summed E-state index contributed by atoms with van der Waals surface area (Å²) in [7, 11) is 0. The van der Waals surface area contributed by atoms with Gasteiger partial charge in [0.05, 0.1) is 99.0 Å². The fourth-order valence-electron chi connectivity index (χ4n) is 2.29. The van der Waals surface area contributed by atoms with Crippen molar-refractivity contribution in [1.29, 1.82) is 0 Å². The number of ether oxygens (including phenoxy) is 7. The highest BCUT2D eigenvalue weighted by molar-refractivity contribution is 6.12. The number of rotatable bonds is 23. The Morgan fingerprint density at radius 1 is 0.581 bits per heavy atom. The molecule has 0 unspecified atom stereocenters. The molecule has 0 aliphatic carbocycles. The van der Waals surface area contributed by atoms with E-state index in [9.17, 15) is 9.59 Å². The first-order valence-corrected chi connectivity index (χ1v) is 10.4. The fraction of sp³-hybridized carbons (Fsp3) is 0.714. The van der Waals surface area contributed by atoms with Crippen molar-refractivity contribution in [1.82, 2.24) is 4.90 Å². The van der Waals surface area contributed by atoms with Crippen LogP contribution in [0.3, 0.4) is 0 Å². The van der Waals surface area contributed by atoms with Gasteiger partial charge in [-0.2, -0.15) is 0 Å². The Morgan fingerprint density at radius 2 is 0.903 bits per heavy atom. The van der Waals surface area contributed by atoms with Crippen LogP contribution in [0.2, 0.25) is 0 Å². The van der Waals surface area contributed by atoms with Crippen molar-refractivity contribution in [2.45, 2.75) is 0 Å². The van der Waals surface area contributed by atoms with Crippen LogP contribution >= 0.6 is 0 Å². The minimum absolute atomic E-state index is 0.248. The zero-order chi connectivity index (χ0) is 22.4. The number of carbonyl (C=O) groups excluding carboxylic acids is 2. The van der Waals surface area contributed by atoms with Crippen LogP contribution in [-0.2, 0) is 42.7 Å². The molecule has 0 spiro atoms. The van der Waals surface area contributed by atoms with Crippen molar-refractivity contribution in [2.24, 2.45) is 0 Å². The minimum Gasteiger partial charge on any atom is -0.377 e. The van der Waals surface area contributed by atoms with E-state index >= 15 is 0 Å². The van der Waals surface area contributed by atoms with Gasteiger partial charge in [-0.15, -0.1) is 6.58 Å². The minimum atomic E-state index is -0.301. The predicted octanol–water partition coefficient (Wildman–Crippen LogP) is 0.214. The number of nitrogens with zero attached hydrogens (tertiary/aromatic N) is 1. The van der Waals surface area contributed by atoms with E-state index in [1.807, 2.05) is 0 Å². The fourth-order valence-corrected chi connectivity index (χ4v) is 2.29. The molecule has 1 heterocycles.